The number of ether oxygens (including phenoxy) is 4. The van der Waals surface area contributed by atoms with Crippen LogP contribution in [0, 0.1) is 0 Å². The first kappa shape index (κ1) is 32.5. The van der Waals surface area contributed by atoms with E-state index in [-0.39, 0.29) is 22.9 Å². The number of fused-ring (bicyclic) bond motifs is 1. The molecule has 6 rings (SSSR count). The average Bonchev–Trinajstić information content (AvgIpc) is 3.13. The molecule has 0 unspecified atom stereocenters. The maximum Gasteiger partial charge on any atom is 0.186 e. The Morgan fingerprint density at radius 1 is 0.837 bits per heavy atom. The zero-order chi connectivity index (χ0) is 34.2. The van der Waals surface area contributed by atoms with Crippen LogP contribution in [0.4, 0.5) is 11.5 Å². The lowest BCUT2D eigenvalue weighted by atomic mass is 9.94. The number of nitrogens with zero attached hydrogens (tertiary/aromatic N) is 2. The van der Waals surface area contributed by atoms with Crippen molar-refractivity contribution in [3.05, 3.63) is 132 Å². The van der Waals surface area contributed by atoms with Crippen LogP contribution >= 0.6 is 0 Å². The summed E-state index contributed by atoms with van der Waals surface area (Å²) in [5, 5.41) is 3.95. The molecule has 1 aliphatic rings. The lowest BCUT2D eigenvalue weighted by Gasteiger charge is -2.17. The first-order valence-corrected chi connectivity index (χ1v) is 15.3. The molecule has 0 saturated heterocycles. The van der Waals surface area contributed by atoms with Gasteiger partial charge in [0.25, 0.3) is 0 Å². The maximum absolute atomic E-state index is 13.0. The number of methoxy groups -OCH3 is 2. The number of hydrogen-bond donors (Lipinski definition) is 1. The van der Waals surface area contributed by atoms with E-state index in [1.165, 1.54) is 37.7 Å². The second-order valence-corrected chi connectivity index (χ2v) is 10.8. The van der Waals surface area contributed by atoms with Crippen molar-refractivity contribution in [1.82, 2.24) is 9.97 Å². The number of hydrogen-bond acceptors (Lipinski definition) is 10. The first-order valence-electron chi connectivity index (χ1n) is 15.3. The van der Waals surface area contributed by atoms with Crippen LogP contribution in [0.25, 0.3) is 22.6 Å². The molecule has 0 saturated carbocycles. The topological polar surface area (TPSA) is 126 Å². The summed E-state index contributed by atoms with van der Waals surface area (Å²) in [7, 11) is 3.13. The van der Waals surface area contributed by atoms with Crippen molar-refractivity contribution in [2.24, 2.45) is 0 Å². The van der Waals surface area contributed by atoms with Crippen LogP contribution in [0.15, 0.2) is 116 Å². The van der Waals surface area contributed by atoms with Crippen LogP contribution in [0.5, 0.6) is 23.0 Å². The molecule has 1 aromatic heterocycles. The summed E-state index contributed by atoms with van der Waals surface area (Å²) >= 11 is 0. The molecule has 0 bridgehead atoms. The smallest absolute Gasteiger partial charge is 0.186 e. The Bertz CT molecular complexity index is 2120. The normalized spacial score (nSPS) is 12.7. The minimum atomic E-state index is -0.335. The fraction of sp³-hybridized carbons (Fsp3) is 0.103. The van der Waals surface area contributed by atoms with Gasteiger partial charge in [0.05, 0.1) is 19.2 Å². The third-order valence-electron chi connectivity index (χ3n) is 7.55. The van der Waals surface area contributed by atoms with E-state index in [1.807, 2.05) is 30.3 Å². The van der Waals surface area contributed by atoms with Crippen LogP contribution in [0.1, 0.15) is 21.5 Å². The molecule has 10 nitrogen and oxygen atoms in total. The van der Waals surface area contributed by atoms with Crippen LogP contribution in [-0.4, -0.2) is 54.8 Å². The number of aromatic nitrogens is 2. The average molecular weight is 654 g/mol. The quantitative estimate of drug-likeness (QED) is 0.0604. The summed E-state index contributed by atoms with van der Waals surface area (Å²) in [6.07, 6.45) is 8.47. The van der Waals surface area contributed by atoms with E-state index in [1.54, 1.807) is 67.8 Å². The predicted molar refractivity (Wildman–Crippen MR) is 187 cm³/mol. The van der Waals surface area contributed by atoms with Crippen molar-refractivity contribution in [2.45, 2.75) is 0 Å². The van der Waals surface area contributed by atoms with E-state index in [9.17, 15) is 14.4 Å². The Morgan fingerprint density at radius 2 is 1.63 bits per heavy atom. The molecule has 0 fully saturated rings. The third kappa shape index (κ3) is 7.78. The second-order valence-electron chi connectivity index (χ2n) is 10.8. The largest absolute Gasteiger partial charge is 0.493 e. The van der Waals surface area contributed by atoms with E-state index in [4.69, 9.17) is 18.9 Å². The molecule has 1 N–H and O–H groups in total. The highest BCUT2D eigenvalue weighted by Gasteiger charge is 2.21. The molecule has 5 aromatic rings. The van der Waals surface area contributed by atoms with Crippen molar-refractivity contribution < 1.29 is 33.3 Å². The summed E-state index contributed by atoms with van der Waals surface area (Å²) in [5.41, 5.74) is 3.15. The minimum Gasteiger partial charge on any atom is -0.493 e. The molecule has 1 heterocycles. The zero-order valence-corrected chi connectivity index (χ0v) is 26.7. The van der Waals surface area contributed by atoms with Gasteiger partial charge in [0.1, 0.15) is 30.3 Å². The minimum absolute atomic E-state index is 0.140. The summed E-state index contributed by atoms with van der Waals surface area (Å²) in [6.45, 7) is 0.737. The highest BCUT2D eigenvalue weighted by atomic mass is 16.5. The van der Waals surface area contributed by atoms with E-state index >= 15 is 0 Å². The molecule has 0 radical (unpaired) electrons. The van der Waals surface area contributed by atoms with Crippen molar-refractivity contribution in [3.8, 4) is 23.0 Å². The standard InChI is InChI=1S/C39H31N3O7/c1-46-18-19-48-38-23-34-32(22-37(38)47-2)39(41-24-40-34)42-33-15-14-29(21-30(33)31-20-27(43)11-17-36(31)45)49-28-12-9-26(10-13-28)35(44)16-8-25-6-4-3-5-7-25/h3-17,20-24H,18-19H2,1-2H3,(H,40,41,42)/b16-8+. The van der Waals surface area contributed by atoms with Gasteiger partial charge in [-0.15, -0.1) is 0 Å². The molecule has 244 valence electrons. The number of benzene rings is 4. The van der Waals surface area contributed by atoms with Gasteiger partial charge in [-0.3, -0.25) is 14.4 Å². The molecule has 49 heavy (non-hydrogen) atoms. The number of allylic oxidation sites excluding steroid dienone is 5. The Kier molecular flexibility index (Phi) is 9.97. The van der Waals surface area contributed by atoms with Crippen LogP contribution < -0.4 is 19.5 Å². The highest BCUT2D eigenvalue weighted by Crippen LogP contribution is 2.38. The van der Waals surface area contributed by atoms with E-state index in [2.05, 4.69) is 15.3 Å². The fourth-order valence-electron chi connectivity index (χ4n) is 5.09. The Morgan fingerprint density at radius 3 is 2.41 bits per heavy atom. The lowest BCUT2D eigenvalue weighted by Crippen LogP contribution is -2.09. The summed E-state index contributed by atoms with van der Waals surface area (Å²) in [4.78, 5) is 47.0. The molecule has 0 amide bonds. The fourth-order valence-corrected chi connectivity index (χ4v) is 5.09. The lowest BCUT2D eigenvalue weighted by molar-refractivity contribution is -0.113. The zero-order valence-electron chi connectivity index (χ0n) is 26.7. The Hall–Kier alpha value is -6.39. The van der Waals surface area contributed by atoms with Gasteiger partial charge in [-0.25, -0.2) is 9.97 Å². The molecule has 4 aromatic carbocycles. The number of carbonyl (C=O) groups is 3. The van der Waals surface area contributed by atoms with Crippen LogP contribution in [0.3, 0.4) is 0 Å². The molecule has 0 spiro atoms. The molecular formula is C39H31N3O7. The van der Waals surface area contributed by atoms with Gasteiger partial charge in [-0.1, -0.05) is 36.4 Å². The van der Waals surface area contributed by atoms with Crippen molar-refractivity contribution in [2.75, 3.05) is 32.8 Å². The highest BCUT2D eigenvalue weighted by molar-refractivity contribution is 6.34. The predicted octanol–water partition coefficient (Wildman–Crippen LogP) is 7.19. The Labute approximate surface area is 282 Å². The number of ketones is 3. The number of nitrogens with one attached hydrogen (secondary N) is 1. The van der Waals surface area contributed by atoms with Crippen LogP contribution in [0.2, 0.25) is 0 Å². The van der Waals surface area contributed by atoms with Crippen LogP contribution in [-0.2, 0) is 14.3 Å². The van der Waals surface area contributed by atoms with Crippen molar-refractivity contribution in [3.63, 3.8) is 0 Å². The first-order chi connectivity index (χ1) is 23.9. The molecule has 1 aliphatic carbocycles. The van der Waals surface area contributed by atoms with E-state index < -0.39 is 0 Å². The molecular weight excluding hydrogens is 622 g/mol. The Balaban J connectivity index is 1.29. The van der Waals surface area contributed by atoms with Gasteiger partial charge in [0.15, 0.2) is 28.8 Å². The second kappa shape index (κ2) is 15.0. The summed E-state index contributed by atoms with van der Waals surface area (Å²) in [6, 6.07) is 25.0. The van der Waals surface area contributed by atoms with Gasteiger partial charge in [-0.2, -0.15) is 0 Å². The maximum atomic E-state index is 13.0. The number of rotatable bonds is 13. The number of anilines is 2. The summed E-state index contributed by atoms with van der Waals surface area (Å²) < 4.78 is 22.6. The summed E-state index contributed by atoms with van der Waals surface area (Å²) in [5.74, 6) is 1.52. The molecule has 0 atom stereocenters. The van der Waals surface area contributed by atoms with Crippen molar-refractivity contribution in [1.29, 1.82) is 0 Å². The van der Waals surface area contributed by atoms with Gasteiger partial charge in [-0.05, 0) is 78.4 Å². The monoisotopic (exact) mass is 653 g/mol. The van der Waals surface area contributed by atoms with Gasteiger partial charge in [0, 0.05) is 40.9 Å². The van der Waals surface area contributed by atoms with E-state index in [0.29, 0.717) is 69.7 Å². The van der Waals surface area contributed by atoms with Crippen molar-refractivity contribution >= 4 is 51.4 Å². The molecule has 0 aliphatic heterocycles. The van der Waals surface area contributed by atoms with E-state index in [0.717, 1.165) is 5.56 Å². The van der Waals surface area contributed by atoms with Gasteiger partial charge >= 0.3 is 0 Å². The third-order valence-corrected chi connectivity index (χ3v) is 7.55. The number of carbonyl (C=O) groups excluding carboxylic acids is 3. The SMILES string of the molecule is COCCOc1cc2ncnc(Nc3ccc(Oc4ccc(C(=O)/C=C/c5ccccc5)cc4)cc3C3=CC(=O)C=CC3=O)c2cc1OC. The molecule has 10 heteroatoms. The van der Waals surface area contributed by atoms with Gasteiger partial charge < -0.3 is 24.3 Å². The van der Waals surface area contributed by atoms with Gasteiger partial charge in [0.2, 0.25) is 0 Å².